The molecule has 2 heterocycles. The highest BCUT2D eigenvalue weighted by Gasteiger charge is 2.23. The maximum absolute atomic E-state index is 12.1. The fourth-order valence-corrected chi connectivity index (χ4v) is 4.25. The van der Waals surface area contributed by atoms with E-state index in [2.05, 4.69) is 58.3 Å². The Morgan fingerprint density at radius 1 is 0.529 bits per heavy atom. The maximum atomic E-state index is 12.1. The lowest BCUT2D eigenvalue weighted by Crippen LogP contribution is -2.47. The van der Waals surface area contributed by atoms with E-state index in [1.54, 1.807) is 0 Å². The predicted octanol–water partition coefficient (Wildman–Crippen LogP) is 1.62. The van der Waals surface area contributed by atoms with Crippen LogP contribution in [0, 0.1) is 0 Å². The molecule has 2 aliphatic rings. The molecule has 0 atom stereocenters. The predicted molar refractivity (Wildman–Crippen MR) is 129 cm³/mol. The molecule has 0 radical (unpaired) electrons. The summed E-state index contributed by atoms with van der Waals surface area (Å²) in [6.07, 6.45) is 0. The van der Waals surface area contributed by atoms with Gasteiger partial charge in [-0.3, -0.25) is 19.6 Å². The molecular weight excluding hydrogens is 432 g/mol. The Kier molecular flexibility index (Phi) is 9.04. The maximum Gasteiger partial charge on any atom is 0.418 e. The van der Waals surface area contributed by atoms with Crippen LogP contribution in [0.1, 0.15) is 11.1 Å². The van der Waals surface area contributed by atoms with Crippen molar-refractivity contribution >= 4 is 11.9 Å². The molecule has 0 aliphatic carbocycles. The summed E-state index contributed by atoms with van der Waals surface area (Å²) >= 11 is 0. The molecule has 0 aromatic heterocycles. The van der Waals surface area contributed by atoms with Crippen molar-refractivity contribution in [3.63, 3.8) is 0 Å². The smallest absolute Gasteiger partial charge is 0.418 e. The number of esters is 2. The fraction of sp³-hybridized carbons (Fsp3) is 0.462. The zero-order valence-electron chi connectivity index (χ0n) is 19.7. The fourth-order valence-electron chi connectivity index (χ4n) is 4.25. The second-order valence-electron chi connectivity index (χ2n) is 8.88. The number of carbonyl (C=O) groups excluding carboxylic acids is 2. The van der Waals surface area contributed by atoms with Crippen LogP contribution in [0.25, 0.3) is 0 Å². The van der Waals surface area contributed by atoms with E-state index in [1.165, 1.54) is 11.1 Å². The van der Waals surface area contributed by atoms with Crippen LogP contribution >= 0.6 is 0 Å². The van der Waals surface area contributed by atoms with E-state index in [-0.39, 0.29) is 13.5 Å². The van der Waals surface area contributed by atoms with Crippen molar-refractivity contribution in [3.05, 3.63) is 71.8 Å². The molecule has 0 saturated carbocycles. The van der Waals surface area contributed by atoms with E-state index in [9.17, 15) is 9.59 Å². The first-order valence-electron chi connectivity index (χ1n) is 12.0. The molecule has 2 fully saturated rings. The Labute approximate surface area is 201 Å². The minimum absolute atomic E-state index is 0.116. The Morgan fingerprint density at radius 3 is 1.21 bits per heavy atom. The van der Waals surface area contributed by atoms with E-state index in [0.717, 1.165) is 65.4 Å². The van der Waals surface area contributed by atoms with Gasteiger partial charge < -0.3 is 9.47 Å². The highest BCUT2D eigenvalue weighted by molar-refractivity contribution is 6.29. The average Bonchev–Trinajstić information content (AvgIpc) is 2.89. The molecule has 0 amide bonds. The van der Waals surface area contributed by atoms with Crippen molar-refractivity contribution in [2.75, 3.05) is 65.8 Å². The molecule has 34 heavy (non-hydrogen) atoms. The topological polar surface area (TPSA) is 65.6 Å². The summed E-state index contributed by atoms with van der Waals surface area (Å²) in [5.74, 6) is -1.84. The van der Waals surface area contributed by atoms with E-state index >= 15 is 0 Å². The first-order chi connectivity index (χ1) is 16.7. The molecule has 2 aromatic carbocycles. The van der Waals surface area contributed by atoms with Crippen LogP contribution in [0.15, 0.2) is 60.7 Å². The molecule has 8 heteroatoms. The summed E-state index contributed by atoms with van der Waals surface area (Å²) in [7, 11) is 0. The van der Waals surface area contributed by atoms with E-state index in [4.69, 9.17) is 9.47 Å². The number of nitrogens with zero attached hydrogens (tertiary/aromatic N) is 4. The summed E-state index contributed by atoms with van der Waals surface area (Å²) in [5.41, 5.74) is 2.59. The molecule has 0 spiro atoms. The molecule has 0 bridgehead atoms. The molecule has 0 N–H and O–H groups in total. The molecule has 182 valence electrons. The third-order valence-electron chi connectivity index (χ3n) is 6.35. The minimum atomic E-state index is -0.922. The third kappa shape index (κ3) is 7.63. The van der Waals surface area contributed by atoms with Crippen molar-refractivity contribution < 1.29 is 19.1 Å². The number of hydrogen-bond donors (Lipinski definition) is 0. The molecule has 2 aliphatic heterocycles. The summed E-state index contributed by atoms with van der Waals surface area (Å²) < 4.78 is 10.4. The van der Waals surface area contributed by atoms with Gasteiger partial charge in [0.25, 0.3) is 0 Å². The first kappa shape index (κ1) is 24.3. The van der Waals surface area contributed by atoms with Crippen LogP contribution in [0.3, 0.4) is 0 Å². The number of hydrogen-bond acceptors (Lipinski definition) is 8. The molecule has 4 rings (SSSR count). The summed E-state index contributed by atoms with van der Waals surface area (Å²) in [4.78, 5) is 33.0. The average molecular weight is 467 g/mol. The molecule has 8 nitrogen and oxygen atoms in total. The highest BCUT2D eigenvalue weighted by atomic mass is 16.6. The zero-order valence-corrected chi connectivity index (χ0v) is 19.7. The van der Waals surface area contributed by atoms with Gasteiger partial charge in [0.1, 0.15) is 13.5 Å². The zero-order chi connectivity index (χ0) is 23.6. The SMILES string of the molecule is O=C(OCN1CCN(Cc2ccccc2)CC1)C(=O)OCN1CCN(Cc2ccccc2)CC1. The Balaban J connectivity index is 1.07. The standard InChI is InChI=1S/C26H34N4O4/c31-25(33-21-29-15-11-27(12-16-29)19-23-7-3-1-4-8-23)26(32)34-22-30-17-13-28(14-18-30)20-24-9-5-2-6-10-24/h1-10H,11-22H2. The highest BCUT2D eigenvalue weighted by Crippen LogP contribution is 2.10. The van der Waals surface area contributed by atoms with Gasteiger partial charge in [-0.2, -0.15) is 0 Å². The lowest BCUT2D eigenvalue weighted by atomic mass is 10.2. The number of benzene rings is 2. The molecular formula is C26H34N4O4. The lowest BCUT2D eigenvalue weighted by molar-refractivity contribution is -0.174. The Bertz CT molecular complexity index is 820. The van der Waals surface area contributed by atoms with Crippen molar-refractivity contribution in [3.8, 4) is 0 Å². The Hall–Kier alpha value is -2.78. The quantitative estimate of drug-likeness (QED) is 0.430. The summed E-state index contributed by atoms with van der Waals surface area (Å²) in [6.45, 7) is 8.83. The largest absolute Gasteiger partial charge is 0.441 e. The third-order valence-corrected chi connectivity index (χ3v) is 6.35. The minimum Gasteiger partial charge on any atom is -0.441 e. The van der Waals surface area contributed by atoms with Gasteiger partial charge in [0.2, 0.25) is 0 Å². The van der Waals surface area contributed by atoms with Crippen molar-refractivity contribution in [2.45, 2.75) is 13.1 Å². The van der Waals surface area contributed by atoms with Gasteiger partial charge in [0.05, 0.1) is 0 Å². The van der Waals surface area contributed by atoms with Gasteiger partial charge >= 0.3 is 11.9 Å². The number of piperazine rings is 2. The van der Waals surface area contributed by atoms with Crippen LogP contribution in [0.2, 0.25) is 0 Å². The monoisotopic (exact) mass is 466 g/mol. The lowest BCUT2D eigenvalue weighted by Gasteiger charge is -2.34. The normalized spacial score (nSPS) is 18.5. The van der Waals surface area contributed by atoms with Gasteiger partial charge in [0.15, 0.2) is 0 Å². The van der Waals surface area contributed by atoms with Gasteiger partial charge in [-0.15, -0.1) is 0 Å². The van der Waals surface area contributed by atoms with Crippen LogP contribution in [0.4, 0.5) is 0 Å². The van der Waals surface area contributed by atoms with Crippen LogP contribution in [0.5, 0.6) is 0 Å². The first-order valence-corrected chi connectivity index (χ1v) is 12.0. The van der Waals surface area contributed by atoms with Crippen molar-refractivity contribution in [1.82, 2.24) is 19.6 Å². The van der Waals surface area contributed by atoms with Crippen LogP contribution in [-0.2, 0) is 32.2 Å². The van der Waals surface area contributed by atoms with E-state index < -0.39 is 11.9 Å². The molecule has 2 aromatic rings. The van der Waals surface area contributed by atoms with Crippen LogP contribution < -0.4 is 0 Å². The number of carbonyl (C=O) groups is 2. The summed E-state index contributed by atoms with van der Waals surface area (Å²) in [6, 6.07) is 20.8. The van der Waals surface area contributed by atoms with Crippen molar-refractivity contribution in [2.24, 2.45) is 0 Å². The number of ether oxygens (including phenoxy) is 2. The van der Waals surface area contributed by atoms with Gasteiger partial charge in [-0.1, -0.05) is 60.7 Å². The van der Waals surface area contributed by atoms with Gasteiger partial charge in [0, 0.05) is 65.4 Å². The number of rotatable bonds is 8. The summed E-state index contributed by atoms with van der Waals surface area (Å²) in [5, 5.41) is 0. The molecule has 2 saturated heterocycles. The van der Waals surface area contributed by atoms with Gasteiger partial charge in [-0.25, -0.2) is 9.59 Å². The second kappa shape index (κ2) is 12.6. The van der Waals surface area contributed by atoms with E-state index in [1.807, 2.05) is 21.9 Å². The van der Waals surface area contributed by atoms with Crippen LogP contribution in [-0.4, -0.2) is 97.4 Å². The second-order valence-corrected chi connectivity index (χ2v) is 8.88. The molecule has 0 unspecified atom stereocenters. The van der Waals surface area contributed by atoms with Gasteiger partial charge in [-0.05, 0) is 11.1 Å². The van der Waals surface area contributed by atoms with E-state index in [0.29, 0.717) is 0 Å². The Morgan fingerprint density at radius 2 is 0.853 bits per heavy atom. The van der Waals surface area contributed by atoms with Crippen molar-refractivity contribution in [1.29, 1.82) is 0 Å².